The van der Waals surface area contributed by atoms with Crippen molar-refractivity contribution in [3.05, 3.63) is 82.3 Å². The van der Waals surface area contributed by atoms with Crippen molar-refractivity contribution >= 4 is 28.6 Å². The number of fused-ring (bicyclic) bond motifs is 3. The summed E-state index contributed by atoms with van der Waals surface area (Å²) in [6, 6.07) is 19.4. The molecule has 0 saturated carbocycles. The molecule has 0 aliphatic carbocycles. The van der Waals surface area contributed by atoms with Crippen molar-refractivity contribution in [1.29, 1.82) is 0 Å². The third-order valence-electron chi connectivity index (χ3n) is 6.40. The van der Waals surface area contributed by atoms with Gasteiger partial charge in [0.25, 0.3) is 0 Å². The second-order valence-corrected chi connectivity index (χ2v) is 9.28. The van der Waals surface area contributed by atoms with E-state index in [1.807, 2.05) is 18.2 Å². The maximum atomic E-state index is 13.4. The van der Waals surface area contributed by atoms with Crippen molar-refractivity contribution in [2.75, 3.05) is 36.0 Å². The molecule has 0 spiro atoms. The number of thiophene rings is 1. The van der Waals surface area contributed by atoms with E-state index in [1.165, 1.54) is 28.3 Å². The Morgan fingerprint density at radius 1 is 1.06 bits per heavy atom. The monoisotopic (exact) mass is 435 g/mol. The summed E-state index contributed by atoms with van der Waals surface area (Å²) in [7, 11) is 0. The summed E-state index contributed by atoms with van der Waals surface area (Å²) in [4.78, 5) is 19.2. The molecule has 1 fully saturated rings. The molecule has 4 nitrogen and oxygen atoms in total. The van der Waals surface area contributed by atoms with Crippen molar-refractivity contribution in [2.24, 2.45) is 5.92 Å². The maximum Gasteiger partial charge on any atom is 0.225 e. The van der Waals surface area contributed by atoms with Gasteiger partial charge in [-0.3, -0.25) is 4.79 Å². The number of anilines is 2. The Labute approximate surface area is 186 Å². The highest BCUT2D eigenvalue weighted by atomic mass is 32.1. The topological polar surface area (TPSA) is 35.6 Å². The number of hydrogen-bond donors (Lipinski definition) is 1. The van der Waals surface area contributed by atoms with Crippen LogP contribution in [-0.2, 0) is 17.6 Å². The number of benzene rings is 2. The fraction of sp³-hybridized carbons (Fsp3) is 0.320. The molecule has 160 valence electrons. The molecule has 0 bridgehead atoms. The molecule has 6 heteroatoms. The smallest absolute Gasteiger partial charge is 0.225 e. The van der Waals surface area contributed by atoms with Crippen LogP contribution in [0.3, 0.4) is 0 Å². The Kier molecular flexibility index (Phi) is 5.64. The Morgan fingerprint density at radius 2 is 1.90 bits per heavy atom. The van der Waals surface area contributed by atoms with E-state index in [1.54, 1.807) is 11.3 Å². The Morgan fingerprint density at radius 3 is 2.71 bits per heavy atom. The van der Waals surface area contributed by atoms with Crippen LogP contribution in [0.4, 0.5) is 15.8 Å². The Balaban J connectivity index is 1.35. The summed E-state index contributed by atoms with van der Waals surface area (Å²) < 4.78 is 13.4. The summed E-state index contributed by atoms with van der Waals surface area (Å²) in [6.45, 7) is 3.11. The number of amides is 1. The van der Waals surface area contributed by atoms with Crippen molar-refractivity contribution in [3.63, 3.8) is 0 Å². The standard InChI is InChI=1S/C25H26FN3OS/c26-19-7-9-20(10-8-19)28-13-14-29-23-6-2-1-4-18(23)16-22(24(29)17-28)25(30)27-12-11-21-5-3-15-31-21/h1-10,15,22,24H,11-14,16-17H2,(H,27,30)/t22-,24-/m1/s1. The normalized spacial score (nSPS) is 20.2. The number of carbonyl (C=O) groups excluding carboxylic acids is 1. The van der Waals surface area contributed by atoms with Gasteiger partial charge in [-0.2, -0.15) is 0 Å². The van der Waals surface area contributed by atoms with Crippen molar-refractivity contribution in [2.45, 2.75) is 18.9 Å². The van der Waals surface area contributed by atoms with Crippen LogP contribution in [0.15, 0.2) is 66.0 Å². The molecular formula is C25H26FN3OS. The molecular weight excluding hydrogens is 409 g/mol. The van der Waals surface area contributed by atoms with Crippen LogP contribution in [0.1, 0.15) is 10.4 Å². The van der Waals surface area contributed by atoms with Crippen LogP contribution in [0.25, 0.3) is 0 Å². The van der Waals surface area contributed by atoms with Crippen LogP contribution < -0.4 is 15.1 Å². The minimum atomic E-state index is -0.225. The van der Waals surface area contributed by atoms with E-state index in [4.69, 9.17) is 0 Å². The quantitative estimate of drug-likeness (QED) is 0.655. The number of piperazine rings is 1. The Hall–Kier alpha value is -2.86. The van der Waals surface area contributed by atoms with Gasteiger partial charge < -0.3 is 15.1 Å². The van der Waals surface area contributed by atoms with Crippen LogP contribution in [-0.4, -0.2) is 38.1 Å². The highest BCUT2D eigenvalue weighted by Gasteiger charge is 2.41. The number of halogens is 1. The SMILES string of the molecule is O=C(NCCc1cccs1)[C@@H]1Cc2ccccc2N2CCN(c3ccc(F)cc3)C[C@H]12. The number of carbonyl (C=O) groups is 1. The summed E-state index contributed by atoms with van der Waals surface area (Å²) in [5, 5.41) is 5.26. The lowest BCUT2D eigenvalue weighted by atomic mass is 9.83. The first-order valence-corrected chi connectivity index (χ1v) is 11.7. The Bertz CT molecular complexity index is 1040. The zero-order chi connectivity index (χ0) is 21.2. The van der Waals surface area contributed by atoms with Crippen LogP contribution in [0.5, 0.6) is 0 Å². The fourth-order valence-electron chi connectivity index (χ4n) is 4.84. The van der Waals surface area contributed by atoms with E-state index in [-0.39, 0.29) is 23.7 Å². The molecule has 3 heterocycles. The molecule has 31 heavy (non-hydrogen) atoms. The predicted octanol–water partition coefficient (Wildman–Crippen LogP) is 4.11. The summed E-state index contributed by atoms with van der Waals surface area (Å²) in [5.41, 5.74) is 3.50. The molecule has 3 aromatic rings. The first kappa shape index (κ1) is 20.1. The van der Waals surface area contributed by atoms with E-state index >= 15 is 0 Å². The van der Waals surface area contributed by atoms with E-state index in [2.05, 4.69) is 50.8 Å². The minimum Gasteiger partial charge on any atom is -0.368 e. The minimum absolute atomic E-state index is 0.0930. The van der Waals surface area contributed by atoms with E-state index in [9.17, 15) is 9.18 Å². The molecule has 2 aromatic carbocycles. The lowest BCUT2D eigenvalue weighted by Crippen LogP contribution is -2.61. The summed E-state index contributed by atoms with van der Waals surface area (Å²) in [5.74, 6) is -0.208. The average Bonchev–Trinajstić information content (AvgIpc) is 3.32. The van der Waals surface area contributed by atoms with Crippen molar-refractivity contribution in [1.82, 2.24) is 5.32 Å². The highest BCUT2D eigenvalue weighted by Crippen LogP contribution is 2.36. The van der Waals surface area contributed by atoms with Crippen LogP contribution >= 0.6 is 11.3 Å². The van der Waals surface area contributed by atoms with Gasteiger partial charge in [-0.1, -0.05) is 24.3 Å². The molecule has 2 aliphatic rings. The second kappa shape index (κ2) is 8.71. The summed E-state index contributed by atoms with van der Waals surface area (Å²) in [6.07, 6.45) is 1.61. The lowest BCUT2D eigenvalue weighted by molar-refractivity contribution is -0.125. The number of hydrogen-bond acceptors (Lipinski definition) is 4. The average molecular weight is 436 g/mol. The number of rotatable bonds is 5. The largest absolute Gasteiger partial charge is 0.368 e. The number of nitrogens with one attached hydrogen (secondary N) is 1. The molecule has 1 amide bonds. The second-order valence-electron chi connectivity index (χ2n) is 8.24. The van der Waals surface area contributed by atoms with E-state index < -0.39 is 0 Å². The molecule has 1 N–H and O–H groups in total. The van der Waals surface area contributed by atoms with Gasteiger partial charge in [-0.15, -0.1) is 11.3 Å². The number of nitrogens with zero attached hydrogens (tertiary/aromatic N) is 2. The van der Waals surface area contributed by atoms with Gasteiger partial charge in [0.15, 0.2) is 0 Å². The molecule has 5 rings (SSSR count). The van der Waals surface area contributed by atoms with Gasteiger partial charge in [-0.25, -0.2) is 4.39 Å². The van der Waals surface area contributed by atoms with Crippen molar-refractivity contribution in [3.8, 4) is 0 Å². The van der Waals surface area contributed by atoms with Gasteiger partial charge in [0.05, 0.1) is 12.0 Å². The third-order valence-corrected chi connectivity index (χ3v) is 7.34. The van der Waals surface area contributed by atoms with Gasteiger partial charge in [-0.05, 0) is 60.2 Å². The van der Waals surface area contributed by atoms with E-state index in [0.717, 1.165) is 38.2 Å². The number of para-hydroxylation sites is 1. The molecule has 1 saturated heterocycles. The van der Waals surface area contributed by atoms with Gasteiger partial charge in [0.1, 0.15) is 5.82 Å². The predicted molar refractivity (Wildman–Crippen MR) is 124 cm³/mol. The van der Waals surface area contributed by atoms with Gasteiger partial charge >= 0.3 is 0 Å². The maximum absolute atomic E-state index is 13.4. The lowest BCUT2D eigenvalue weighted by Gasteiger charge is -2.49. The molecule has 2 aliphatic heterocycles. The van der Waals surface area contributed by atoms with Gasteiger partial charge in [0.2, 0.25) is 5.91 Å². The van der Waals surface area contributed by atoms with Crippen molar-refractivity contribution < 1.29 is 9.18 Å². The zero-order valence-corrected chi connectivity index (χ0v) is 18.2. The zero-order valence-electron chi connectivity index (χ0n) is 17.3. The first-order valence-electron chi connectivity index (χ1n) is 10.8. The molecule has 1 aromatic heterocycles. The summed E-state index contributed by atoms with van der Waals surface area (Å²) >= 11 is 1.73. The van der Waals surface area contributed by atoms with Crippen LogP contribution in [0, 0.1) is 11.7 Å². The van der Waals surface area contributed by atoms with E-state index in [0.29, 0.717) is 6.54 Å². The third kappa shape index (κ3) is 4.17. The molecule has 0 radical (unpaired) electrons. The van der Waals surface area contributed by atoms with Gasteiger partial charge in [0, 0.05) is 42.4 Å². The molecule has 2 atom stereocenters. The molecule has 0 unspecified atom stereocenters. The highest BCUT2D eigenvalue weighted by molar-refractivity contribution is 7.09. The first-order chi connectivity index (χ1) is 15.2. The fourth-order valence-corrected chi connectivity index (χ4v) is 5.55. The van der Waals surface area contributed by atoms with Crippen LogP contribution in [0.2, 0.25) is 0 Å².